The number of nitrogens with zero attached hydrogens (tertiary/aromatic N) is 3. The number of rotatable bonds is 6. The van der Waals surface area contributed by atoms with Gasteiger partial charge in [-0.3, -0.25) is 4.90 Å². The average molecular weight is 280 g/mol. The van der Waals surface area contributed by atoms with E-state index in [9.17, 15) is 0 Å². The normalized spacial score (nSPS) is 28.6. The van der Waals surface area contributed by atoms with Crippen LogP contribution in [0, 0.1) is 5.41 Å². The topological polar surface area (TPSA) is 56.3 Å². The summed E-state index contributed by atoms with van der Waals surface area (Å²) in [5, 5.41) is 0. The van der Waals surface area contributed by atoms with Crippen LogP contribution in [0.3, 0.4) is 0 Å². The molecule has 1 aliphatic carbocycles. The molecule has 0 aliphatic heterocycles. The van der Waals surface area contributed by atoms with Gasteiger partial charge in [0.2, 0.25) is 0 Å². The van der Waals surface area contributed by atoms with E-state index in [1.54, 1.807) is 0 Å². The summed E-state index contributed by atoms with van der Waals surface area (Å²) < 4.78 is 7.83. The van der Waals surface area contributed by atoms with Gasteiger partial charge in [-0.2, -0.15) is 0 Å². The predicted octanol–water partition coefficient (Wildman–Crippen LogP) is 1.38. The number of hydrogen-bond donors (Lipinski definition) is 1. The third kappa shape index (κ3) is 2.62. The summed E-state index contributed by atoms with van der Waals surface area (Å²) in [4.78, 5) is 6.62. The minimum absolute atomic E-state index is 0.0128. The SMILES string of the molecule is CCOC1CC(N)(CN(C)Cc2nccn2C)C1(C)C. The van der Waals surface area contributed by atoms with Gasteiger partial charge in [0.05, 0.1) is 12.6 Å². The van der Waals surface area contributed by atoms with E-state index < -0.39 is 0 Å². The molecule has 2 atom stereocenters. The second kappa shape index (κ2) is 5.47. The maximum Gasteiger partial charge on any atom is 0.122 e. The highest BCUT2D eigenvalue weighted by molar-refractivity contribution is 5.14. The molecule has 2 unspecified atom stereocenters. The molecule has 1 aromatic heterocycles. The second-order valence-electron chi connectivity index (χ2n) is 6.65. The van der Waals surface area contributed by atoms with Gasteiger partial charge >= 0.3 is 0 Å². The van der Waals surface area contributed by atoms with Crippen LogP contribution >= 0.6 is 0 Å². The number of likely N-dealkylation sites (N-methyl/N-ethyl adjacent to an activating group) is 1. The molecule has 0 spiro atoms. The van der Waals surface area contributed by atoms with Crippen molar-refractivity contribution in [3.63, 3.8) is 0 Å². The lowest BCUT2D eigenvalue weighted by Crippen LogP contribution is -2.73. The number of aromatic nitrogens is 2. The highest BCUT2D eigenvalue weighted by Gasteiger charge is 2.58. The summed E-state index contributed by atoms with van der Waals surface area (Å²) in [7, 11) is 4.13. The van der Waals surface area contributed by atoms with E-state index in [2.05, 4.69) is 35.3 Å². The second-order valence-corrected chi connectivity index (χ2v) is 6.65. The van der Waals surface area contributed by atoms with E-state index in [-0.39, 0.29) is 17.1 Å². The lowest BCUT2D eigenvalue weighted by atomic mass is 9.54. The van der Waals surface area contributed by atoms with Crippen LogP contribution in [0.2, 0.25) is 0 Å². The van der Waals surface area contributed by atoms with Crippen LogP contribution in [0.15, 0.2) is 12.4 Å². The Hall–Kier alpha value is -0.910. The fraction of sp³-hybridized carbons (Fsp3) is 0.800. The number of aryl methyl sites for hydroxylation is 1. The highest BCUT2D eigenvalue weighted by Crippen LogP contribution is 2.49. The van der Waals surface area contributed by atoms with Gasteiger partial charge in [-0.05, 0) is 20.4 Å². The van der Waals surface area contributed by atoms with Crippen molar-refractivity contribution in [2.24, 2.45) is 18.2 Å². The van der Waals surface area contributed by atoms with Crippen molar-refractivity contribution < 1.29 is 4.74 Å². The molecular weight excluding hydrogens is 252 g/mol. The zero-order valence-corrected chi connectivity index (χ0v) is 13.4. The maximum atomic E-state index is 6.62. The van der Waals surface area contributed by atoms with E-state index in [1.807, 2.05) is 26.4 Å². The number of hydrogen-bond acceptors (Lipinski definition) is 4. The first kappa shape index (κ1) is 15.5. The number of ether oxygens (including phenoxy) is 1. The van der Waals surface area contributed by atoms with Crippen LogP contribution in [0.5, 0.6) is 0 Å². The Kier molecular flexibility index (Phi) is 4.23. The minimum atomic E-state index is -0.188. The first-order chi connectivity index (χ1) is 9.30. The van der Waals surface area contributed by atoms with Gasteiger partial charge in [-0.25, -0.2) is 4.98 Å². The van der Waals surface area contributed by atoms with Crippen LogP contribution in [-0.4, -0.2) is 46.3 Å². The Labute approximate surface area is 122 Å². The fourth-order valence-corrected chi connectivity index (χ4v) is 3.10. The van der Waals surface area contributed by atoms with E-state index in [4.69, 9.17) is 10.5 Å². The van der Waals surface area contributed by atoms with Gasteiger partial charge in [0, 0.05) is 43.5 Å². The molecule has 2 rings (SSSR count). The van der Waals surface area contributed by atoms with Gasteiger partial charge in [-0.15, -0.1) is 0 Å². The summed E-state index contributed by atoms with van der Waals surface area (Å²) in [6, 6.07) is 0. The van der Waals surface area contributed by atoms with Crippen LogP contribution in [0.1, 0.15) is 33.0 Å². The Bertz CT molecular complexity index is 456. The predicted molar refractivity (Wildman–Crippen MR) is 80.3 cm³/mol. The summed E-state index contributed by atoms with van der Waals surface area (Å²) in [6.07, 6.45) is 5.01. The van der Waals surface area contributed by atoms with E-state index in [0.717, 1.165) is 31.9 Å². The highest BCUT2D eigenvalue weighted by atomic mass is 16.5. The molecule has 0 aromatic carbocycles. The van der Waals surface area contributed by atoms with Crippen molar-refractivity contribution in [1.82, 2.24) is 14.5 Å². The Morgan fingerprint density at radius 3 is 2.75 bits per heavy atom. The molecule has 1 heterocycles. The van der Waals surface area contributed by atoms with Crippen molar-refractivity contribution >= 4 is 0 Å². The lowest BCUT2D eigenvalue weighted by molar-refractivity contribution is -0.155. The average Bonchev–Trinajstić information content (AvgIpc) is 2.74. The Morgan fingerprint density at radius 2 is 2.25 bits per heavy atom. The first-order valence-corrected chi connectivity index (χ1v) is 7.35. The van der Waals surface area contributed by atoms with Gasteiger partial charge in [-0.1, -0.05) is 13.8 Å². The smallest absolute Gasteiger partial charge is 0.122 e. The van der Waals surface area contributed by atoms with Crippen molar-refractivity contribution in [3.8, 4) is 0 Å². The Morgan fingerprint density at radius 1 is 1.55 bits per heavy atom. The molecule has 5 nitrogen and oxygen atoms in total. The standard InChI is InChI=1S/C15H28N4O/c1-6-20-12-9-15(16,14(12,2)3)11-18(4)10-13-17-7-8-19(13)5/h7-8,12H,6,9-11,16H2,1-5H3. The molecule has 1 aliphatic rings. The molecule has 0 saturated heterocycles. The Balaban J connectivity index is 1.94. The van der Waals surface area contributed by atoms with Gasteiger partial charge in [0.1, 0.15) is 5.82 Å². The molecule has 1 saturated carbocycles. The third-order valence-corrected chi connectivity index (χ3v) is 4.89. The fourth-order valence-electron chi connectivity index (χ4n) is 3.10. The van der Waals surface area contributed by atoms with Crippen LogP contribution in [0.25, 0.3) is 0 Å². The minimum Gasteiger partial charge on any atom is -0.378 e. The number of imidazole rings is 1. The number of nitrogens with two attached hydrogens (primary N) is 1. The molecule has 1 fully saturated rings. The first-order valence-electron chi connectivity index (χ1n) is 7.35. The quantitative estimate of drug-likeness (QED) is 0.855. The molecule has 0 radical (unpaired) electrons. The van der Waals surface area contributed by atoms with Crippen molar-refractivity contribution in [1.29, 1.82) is 0 Å². The van der Waals surface area contributed by atoms with Gasteiger partial charge in [0.15, 0.2) is 0 Å². The maximum absolute atomic E-state index is 6.62. The van der Waals surface area contributed by atoms with E-state index in [1.165, 1.54) is 0 Å². The third-order valence-electron chi connectivity index (χ3n) is 4.89. The molecule has 20 heavy (non-hydrogen) atoms. The van der Waals surface area contributed by atoms with Crippen molar-refractivity contribution in [3.05, 3.63) is 18.2 Å². The summed E-state index contributed by atoms with van der Waals surface area (Å²) in [6.45, 7) is 8.90. The van der Waals surface area contributed by atoms with Gasteiger partial charge < -0.3 is 15.0 Å². The lowest BCUT2D eigenvalue weighted by Gasteiger charge is -2.60. The molecule has 2 N–H and O–H groups in total. The van der Waals surface area contributed by atoms with E-state index >= 15 is 0 Å². The van der Waals surface area contributed by atoms with Crippen molar-refractivity contribution in [2.75, 3.05) is 20.2 Å². The molecular formula is C15H28N4O. The zero-order chi connectivity index (χ0) is 15.0. The molecule has 1 aromatic rings. The van der Waals surface area contributed by atoms with Crippen LogP contribution < -0.4 is 5.73 Å². The molecule has 0 amide bonds. The summed E-state index contributed by atoms with van der Waals surface area (Å²) in [5.41, 5.74) is 6.45. The van der Waals surface area contributed by atoms with Crippen LogP contribution in [-0.2, 0) is 18.3 Å². The largest absolute Gasteiger partial charge is 0.378 e. The zero-order valence-electron chi connectivity index (χ0n) is 13.4. The van der Waals surface area contributed by atoms with E-state index in [0.29, 0.717) is 0 Å². The molecule has 0 bridgehead atoms. The van der Waals surface area contributed by atoms with Gasteiger partial charge in [0.25, 0.3) is 0 Å². The molecule has 5 heteroatoms. The summed E-state index contributed by atoms with van der Waals surface area (Å²) in [5.74, 6) is 1.06. The monoisotopic (exact) mass is 280 g/mol. The van der Waals surface area contributed by atoms with Crippen molar-refractivity contribution in [2.45, 2.75) is 45.4 Å². The van der Waals surface area contributed by atoms with Crippen LogP contribution in [0.4, 0.5) is 0 Å². The molecule has 114 valence electrons. The summed E-state index contributed by atoms with van der Waals surface area (Å²) >= 11 is 0.